The van der Waals surface area contributed by atoms with Crippen LogP contribution >= 0.6 is 11.3 Å². The molecule has 144 valence electrons. The zero-order valence-corrected chi connectivity index (χ0v) is 16.4. The zero-order chi connectivity index (χ0) is 18.9. The Morgan fingerprint density at radius 1 is 1.15 bits per heavy atom. The van der Waals surface area contributed by atoms with Gasteiger partial charge in [-0.2, -0.15) is 11.3 Å². The Balaban J connectivity index is 1.66. The lowest BCUT2D eigenvalue weighted by Crippen LogP contribution is -2.51. The Hall–Kier alpha value is -1.93. The van der Waals surface area contributed by atoms with Gasteiger partial charge in [-0.25, -0.2) is 0 Å². The Bertz CT molecular complexity index is 594. The quantitative estimate of drug-likeness (QED) is 0.727. The monoisotopic (exact) mass is 380 g/mol. The van der Waals surface area contributed by atoms with Crippen molar-refractivity contribution in [1.29, 1.82) is 0 Å². The molecule has 1 fully saturated rings. The minimum atomic E-state index is -0.140. The SMILES string of the molecule is CCN(CC)C(=O)CN1CCN(C(=O)CCNC(=O)c2ccsc2)CC1. The standard InChI is InChI=1S/C18H28N4O3S/c1-3-21(4-2)17(24)13-20-8-10-22(11-9-20)16(23)5-7-19-18(25)15-6-12-26-14-15/h6,12,14H,3-5,7-11,13H2,1-2H3,(H,19,25). The van der Waals surface area contributed by atoms with Crippen LogP contribution in [-0.2, 0) is 9.59 Å². The molecule has 1 aliphatic heterocycles. The van der Waals surface area contributed by atoms with Gasteiger partial charge in [-0.05, 0) is 25.3 Å². The number of hydrogen-bond acceptors (Lipinski definition) is 5. The van der Waals surface area contributed by atoms with E-state index in [1.807, 2.05) is 29.0 Å². The van der Waals surface area contributed by atoms with E-state index in [0.717, 1.165) is 13.1 Å². The van der Waals surface area contributed by atoms with E-state index in [2.05, 4.69) is 10.2 Å². The van der Waals surface area contributed by atoms with Gasteiger partial charge in [-0.1, -0.05) is 0 Å². The molecule has 0 unspecified atom stereocenters. The molecule has 2 rings (SSSR count). The summed E-state index contributed by atoms with van der Waals surface area (Å²) < 4.78 is 0. The fourth-order valence-electron chi connectivity index (χ4n) is 2.96. The average Bonchev–Trinajstić information content (AvgIpc) is 3.18. The van der Waals surface area contributed by atoms with Crippen molar-refractivity contribution in [2.24, 2.45) is 0 Å². The molecular weight excluding hydrogens is 352 g/mol. The number of carbonyl (C=O) groups excluding carboxylic acids is 3. The Kier molecular flexibility index (Phi) is 8.06. The van der Waals surface area contributed by atoms with Crippen LogP contribution in [0.3, 0.4) is 0 Å². The third-order valence-electron chi connectivity index (χ3n) is 4.61. The van der Waals surface area contributed by atoms with Crippen molar-refractivity contribution in [3.63, 3.8) is 0 Å². The molecular formula is C18H28N4O3S. The maximum atomic E-state index is 12.3. The molecule has 8 heteroatoms. The van der Waals surface area contributed by atoms with Gasteiger partial charge >= 0.3 is 0 Å². The summed E-state index contributed by atoms with van der Waals surface area (Å²) >= 11 is 1.47. The lowest BCUT2D eigenvalue weighted by atomic mass is 10.2. The van der Waals surface area contributed by atoms with Crippen LogP contribution in [0.15, 0.2) is 16.8 Å². The number of likely N-dealkylation sites (N-methyl/N-ethyl adjacent to an activating group) is 1. The zero-order valence-electron chi connectivity index (χ0n) is 15.6. The minimum Gasteiger partial charge on any atom is -0.351 e. The molecule has 0 spiro atoms. The first-order valence-electron chi connectivity index (χ1n) is 9.13. The first kappa shape index (κ1) is 20.4. The van der Waals surface area contributed by atoms with Crippen LogP contribution < -0.4 is 5.32 Å². The third kappa shape index (κ3) is 5.81. The first-order valence-corrected chi connectivity index (χ1v) is 10.1. The van der Waals surface area contributed by atoms with Gasteiger partial charge in [0.2, 0.25) is 11.8 Å². The summed E-state index contributed by atoms with van der Waals surface area (Å²) in [4.78, 5) is 42.0. The second-order valence-electron chi connectivity index (χ2n) is 6.24. The van der Waals surface area contributed by atoms with E-state index in [1.165, 1.54) is 11.3 Å². The number of nitrogens with zero attached hydrogens (tertiary/aromatic N) is 3. The predicted molar refractivity (Wildman–Crippen MR) is 102 cm³/mol. The molecule has 1 aromatic rings. The highest BCUT2D eigenvalue weighted by Gasteiger charge is 2.23. The molecule has 1 saturated heterocycles. The molecule has 0 aliphatic carbocycles. The van der Waals surface area contributed by atoms with Gasteiger partial charge in [0.15, 0.2) is 0 Å². The van der Waals surface area contributed by atoms with E-state index in [1.54, 1.807) is 11.4 Å². The highest BCUT2D eigenvalue weighted by atomic mass is 32.1. The van der Waals surface area contributed by atoms with Crippen LogP contribution in [0.2, 0.25) is 0 Å². The number of piperazine rings is 1. The third-order valence-corrected chi connectivity index (χ3v) is 5.29. The summed E-state index contributed by atoms with van der Waals surface area (Å²) in [7, 11) is 0. The van der Waals surface area contributed by atoms with Crippen molar-refractivity contribution in [1.82, 2.24) is 20.0 Å². The van der Waals surface area contributed by atoms with E-state index < -0.39 is 0 Å². The van der Waals surface area contributed by atoms with Crippen molar-refractivity contribution >= 4 is 29.1 Å². The number of nitrogens with one attached hydrogen (secondary N) is 1. The van der Waals surface area contributed by atoms with Crippen molar-refractivity contribution in [2.75, 3.05) is 52.4 Å². The summed E-state index contributed by atoms with van der Waals surface area (Å²) in [5, 5.41) is 6.41. The maximum Gasteiger partial charge on any atom is 0.252 e. The number of thiophene rings is 1. The first-order chi connectivity index (χ1) is 12.5. The number of rotatable bonds is 8. The summed E-state index contributed by atoms with van der Waals surface area (Å²) in [6.45, 7) is 8.85. The van der Waals surface area contributed by atoms with E-state index >= 15 is 0 Å². The second-order valence-corrected chi connectivity index (χ2v) is 7.02. The highest BCUT2D eigenvalue weighted by Crippen LogP contribution is 2.06. The van der Waals surface area contributed by atoms with Crippen molar-refractivity contribution < 1.29 is 14.4 Å². The number of amides is 3. The molecule has 0 saturated carbocycles. The van der Waals surface area contributed by atoms with Crippen LogP contribution in [0.25, 0.3) is 0 Å². The van der Waals surface area contributed by atoms with Gasteiger partial charge < -0.3 is 15.1 Å². The lowest BCUT2D eigenvalue weighted by Gasteiger charge is -2.35. The van der Waals surface area contributed by atoms with Gasteiger partial charge in [0.25, 0.3) is 5.91 Å². The summed E-state index contributed by atoms with van der Waals surface area (Å²) in [5.74, 6) is 0.0510. The average molecular weight is 381 g/mol. The number of carbonyl (C=O) groups is 3. The van der Waals surface area contributed by atoms with Crippen LogP contribution in [0.4, 0.5) is 0 Å². The second kappa shape index (κ2) is 10.3. The Labute approximate surface area is 158 Å². The van der Waals surface area contributed by atoms with Crippen LogP contribution in [0.5, 0.6) is 0 Å². The van der Waals surface area contributed by atoms with E-state index in [-0.39, 0.29) is 17.7 Å². The van der Waals surface area contributed by atoms with E-state index in [9.17, 15) is 14.4 Å². The van der Waals surface area contributed by atoms with Gasteiger partial charge in [-0.15, -0.1) is 0 Å². The van der Waals surface area contributed by atoms with Gasteiger partial charge in [0, 0.05) is 63.2 Å². The van der Waals surface area contributed by atoms with Crippen LogP contribution in [-0.4, -0.2) is 84.8 Å². The fourth-order valence-corrected chi connectivity index (χ4v) is 3.60. The Morgan fingerprint density at radius 2 is 1.85 bits per heavy atom. The highest BCUT2D eigenvalue weighted by molar-refractivity contribution is 7.08. The molecule has 0 radical (unpaired) electrons. The van der Waals surface area contributed by atoms with E-state index in [4.69, 9.17) is 0 Å². The van der Waals surface area contributed by atoms with Crippen molar-refractivity contribution in [2.45, 2.75) is 20.3 Å². The minimum absolute atomic E-state index is 0.0466. The van der Waals surface area contributed by atoms with Gasteiger partial charge in [-0.3, -0.25) is 19.3 Å². The molecule has 26 heavy (non-hydrogen) atoms. The van der Waals surface area contributed by atoms with Gasteiger partial charge in [0.05, 0.1) is 6.54 Å². The summed E-state index contributed by atoms with van der Waals surface area (Å²) in [6.07, 6.45) is 0.300. The lowest BCUT2D eigenvalue weighted by molar-refractivity contribution is -0.134. The molecule has 3 amide bonds. The predicted octanol–water partition coefficient (Wildman–Crippen LogP) is 0.881. The van der Waals surface area contributed by atoms with Crippen LogP contribution in [0, 0.1) is 0 Å². The summed E-state index contributed by atoms with van der Waals surface area (Å²) in [6, 6.07) is 1.76. The molecule has 7 nitrogen and oxygen atoms in total. The number of hydrogen-bond donors (Lipinski definition) is 1. The van der Waals surface area contributed by atoms with Crippen molar-refractivity contribution in [3.8, 4) is 0 Å². The van der Waals surface area contributed by atoms with Gasteiger partial charge in [0.1, 0.15) is 0 Å². The molecule has 1 aliphatic rings. The van der Waals surface area contributed by atoms with Crippen LogP contribution in [0.1, 0.15) is 30.6 Å². The molecule has 0 bridgehead atoms. The normalized spacial score (nSPS) is 14.9. The smallest absolute Gasteiger partial charge is 0.252 e. The fraction of sp³-hybridized carbons (Fsp3) is 0.611. The van der Waals surface area contributed by atoms with E-state index in [0.29, 0.717) is 51.3 Å². The molecule has 1 aromatic heterocycles. The molecule has 0 aromatic carbocycles. The van der Waals surface area contributed by atoms with Crippen molar-refractivity contribution in [3.05, 3.63) is 22.4 Å². The molecule has 1 N–H and O–H groups in total. The maximum absolute atomic E-state index is 12.3. The summed E-state index contributed by atoms with van der Waals surface area (Å²) in [5.41, 5.74) is 0.633. The topological polar surface area (TPSA) is 73.0 Å². The molecule has 0 atom stereocenters. The molecule has 2 heterocycles. The largest absolute Gasteiger partial charge is 0.351 e. The Morgan fingerprint density at radius 3 is 2.42 bits per heavy atom.